The molecule has 0 bridgehead atoms. The van der Waals surface area contributed by atoms with Crippen molar-refractivity contribution in [1.82, 2.24) is 10.6 Å². The van der Waals surface area contributed by atoms with E-state index in [-0.39, 0.29) is 30.4 Å². The molecule has 0 saturated heterocycles. The van der Waals surface area contributed by atoms with Crippen molar-refractivity contribution in [3.05, 3.63) is 59.7 Å². The molecule has 0 radical (unpaired) electrons. The number of urea groups is 1. The molecule has 3 rings (SSSR count). The van der Waals surface area contributed by atoms with Crippen LogP contribution < -0.4 is 21.7 Å². The first-order chi connectivity index (χ1) is 12.0. The summed E-state index contributed by atoms with van der Waals surface area (Å²) in [7, 11) is 0. The average molecular weight is 375 g/mol. The number of nitrogen functional groups attached to an aromatic ring is 1. The fourth-order valence-electron chi connectivity index (χ4n) is 2.50. The Bertz CT molecular complexity index is 775. The summed E-state index contributed by atoms with van der Waals surface area (Å²) in [4.78, 5) is 24.0. The van der Waals surface area contributed by atoms with Gasteiger partial charge in [0, 0.05) is 17.4 Å². The molecule has 138 valence electrons. The lowest BCUT2D eigenvalue weighted by molar-refractivity contribution is 0.0941. The van der Waals surface area contributed by atoms with Gasteiger partial charge >= 0.3 is 6.03 Å². The van der Waals surface area contributed by atoms with Gasteiger partial charge in [-0.25, -0.2) is 4.79 Å². The van der Waals surface area contributed by atoms with Crippen LogP contribution in [0.15, 0.2) is 48.5 Å². The Morgan fingerprint density at radius 1 is 1.08 bits per heavy atom. The molecule has 1 unspecified atom stereocenters. The van der Waals surface area contributed by atoms with Crippen LogP contribution in [0.1, 0.15) is 41.7 Å². The minimum absolute atomic E-state index is 0. The van der Waals surface area contributed by atoms with Crippen LogP contribution in [-0.4, -0.2) is 18.0 Å². The van der Waals surface area contributed by atoms with Crippen molar-refractivity contribution < 1.29 is 9.59 Å². The largest absolute Gasteiger partial charge is 0.398 e. The molecule has 6 nitrogen and oxygen atoms in total. The van der Waals surface area contributed by atoms with Crippen LogP contribution in [0.3, 0.4) is 0 Å². The standard InChI is InChI=1S/C19H22N4O2.ClH/c1-12(21-18(24)16-4-2-3-5-17(16)20)13-6-8-14(9-7-13)22-19(25)23-15-10-11-15;/h2-9,12,15H,10-11,20H2,1H3,(H,21,24)(H2,22,23,25);1H. The van der Waals surface area contributed by atoms with Crippen LogP contribution in [-0.2, 0) is 0 Å². The number of rotatable bonds is 5. The molecule has 26 heavy (non-hydrogen) atoms. The Labute approximate surface area is 159 Å². The van der Waals surface area contributed by atoms with Crippen molar-refractivity contribution in [2.45, 2.75) is 31.8 Å². The number of nitrogens with one attached hydrogen (secondary N) is 3. The van der Waals surface area contributed by atoms with Gasteiger partial charge in [0.2, 0.25) is 0 Å². The molecule has 1 aliphatic rings. The van der Waals surface area contributed by atoms with E-state index >= 15 is 0 Å². The minimum atomic E-state index is -0.211. The van der Waals surface area contributed by atoms with Crippen LogP contribution in [0.5, 0.6) is 0 Å². The quantitative estimate of drug-likeness (QED) is 0.603. The van der Waals surface area contributed by atoms with Crippen LogP contribution >= 0.6 is 12.4 Å². The van der Waals surface area contributed by atoms with E-state index in [0.717, 1.165) is 18.4 Å². The smallest absolute Gasteiger partial charge is 0.319 e. The number of anilines is 2. The summed E-state index contributed by atoms with van der Waals surface area (Å²) in [6, 6.07) is 14.3. The Balaban J connectivity index is 0.00000243. The van der Waals surface area contributed by atoms with E-state index in [2.05, 4.69) is 16.0 Å². The normalized spacial score (nSPS) is 13.9. The Morgan fingerprint density at radius 2 is 1.73 bits per heavy atom. The fourth-order valence-corrected chi connectivity index (χ4v) is 2.50. The molecule has 0 aromatic heterocycles. The van der Waals surface area contributed by atoms with E-state index in [1.807, 2.05) is 31.2 Å². The highest BCUT2D eigenvalue weighted by Gasteiger charge is 2.23. The van der Waals surface area contributed by atoms with Gasteiger partial charge in [-0.3, -0.25) is 4.79 Å². The van der Waals surface area contributed by atoms with Gasteiger partial charge in [-0.05, 0) is 49.6 Å². The van der Waals surface area contributed by atoms with E-state index in [1.54, 1.807) is 24.3 Å². The van der Waals surface area contributed by atoms with Gasteiger partial charge in [-0.1, -0.05) is 24.3 Å². The lowest BCUT2D eigenvalue weighted by atomic mass is 10.1. The Kier molecular flexibility index (Phi) is 6.46. The second-order valence-corrected chi connectivity index (χ2v) is 6.28. The molecule has 3 amide bonds. The third-order valence-corrected chi connectivity index (χ3v) is 4.13. The topological polar surface area (TPSA) is 96.2 Å². The molecule has 1 saturated carbocycles. The molecule has 2 aromatic rings. The molecule has 1 atom stereocenters. The van der Waals surface area contributed by atoms with E-state index < -0.39 is 0 Å². The molecule has 0 spiro atoms. The second kappa shape index (κ2) is 8.58. The van der Waals surface area contributed by atoms with Crippen molar-refractivity contribution in [2.75, 3.05) is 11.1 Å². The number of halogens is 1. The van der Waals surface area contributed by atoms with Crippen LogP contribution in [0, 0.1) is 0 Å². The molecule has 5 N–H and O–H groups in total. The maximum atomic E-state index is 12.3. The SMILES string of the molecule is CC(NC(=O)c1ccccc1N)c1ccc(NC(=O)NC2CC2)cc1.Cl. The molecule has 1 aliphatic carbocycles. The van der Waals surface area contributed by atoms with Crippen molar-refractivity contribution in [3.63, 3.8) is 0 Å². The van der Waals surface area contributed by atoms with E-state index in [9.17, 15) is 9.59 Å². The number of benzene rings is 2. The highest BCUT2D eigenvalue weighted by molar-refractivity contribution is 5.99. The van der Waals surface area contributed by atoms with Crippen molar-refractivity contribution in [1.29, 1.82) is 0 Å². The van der Waals surface area contributed by atoms with E-state index in [0.29, 0.717) is 23.0 Å². The summed E-state index contributed by atoms with van der Waals surface area (Å²) in [6.07, 6.45) is 2.10. The number of nitrogens with two attached hydrogens (primary N) is 1. The average Bonchev–Trinajstić information content (AvgIpc) is 3.39. The minimum Gasteiger partial charge on any atom is -0.398 e. The number of carbonyl (C=O) groups excluding carboxylic acids is 2. The maximum absolute atomic E-state index is 12.3. The predicted molar refractivity (Wildman–Crippen MR) is 106 cm³/mol. The van der Waals surface area contributed by atoms with Crippen LogP contribution in [0.2, 0.25) is 0 Å². The number of amides is 3. The Morgan fingerprint density at radius 3 is 2.35 bits per heavy atom. The van der Waals surface area contributed by atoms with Gasteiger partial charge in [0.1, 0.15) is 0 Å². The summed E-state index contributed by atoms with van der Waals surface area (Å²) in [5.74, 6) is -0.211. The third-order valence-electron chi connectivity index (χ3n) is 4.13. The first kappa shape index (κ1) is 19.6. The van der Waals surface area contributed by atoms with Gasteiger partial charge < -0.3 is 21.7 Å². The third kappa shape index (κ3) is 5.13. The number of hydrogen-bond donors (Lipinski definition) is 4. The zero-order chi connectivity index (χ0) is 17.8. The summed E-state index contributed by atoms with van der Waals surface area (Å²) in [5, 5.41) is 8.60. The van der Waals surface area contributed by atoms with Crippen LogP contribution in [0.25, 0.3) is 0 Å². The van der Waals surface area contributed by atoms with Gasteiger partial charge in [0.15, 0.2) is 0 Å². The zero-order valence-electron chi connectivity index (χ0n) is 14.5. The molecule has 1 fully saturated rings. The zero-order valence-corrected chi connectivity index (χ0v) is 15.3. The van der Waals surface area contributed by atoms with Crippen molar-refractivity contribution >= 4 is 35.7 Å². The molecular formula is C19H23ClN4O2. The van der Waals surface area contributed by atoms with Gasteiger partial charge in [-0.15, -0.1) is 12.4 Å². The monoisotopic (exact) mass is 374 g/mol. The number of hydrogen-bond acceptors (Lipinski definition) is 3. The van der Waals surface area contributed by atoms with Crippen molar-refractivity contribution in [3.8, 4) is 0 Å². The molecule has 7 heteroatoms. The lowest BCUT2D eigenvalue weighted by Gasteiger charge is -2.16. The van der Waals surface area contributed by atoms with E-state index in [1.165, 1.54) is 0 Å². The lowest BCUT2D eigenvalue weighted by Crippen LogP contribution is -2.30. The summed E-state index contributed by atoms with van der Waals surface area (Å²) in [5.41, 5.74) is 8.40. The first-order valence-corrected chi connectivity index (χ1v) is 8.36. The maximum Gasteiger partial charge on any atom is 0.319 e. The molecular weight excluding hydrogens is 352 g/mol. The second-order valence-electron chi connectivity index (χ2n) is 6.28. The molecule has 2 aromatic carbocycles. The van der Waals surface area contributed by atoms with E-state index in [4.69, 9.17) is 5.73 Å². The summed E-state index contributed by atoms with van der Waals surface area (Å²) >= 11 is 0. The molecule has 0 aliphatic heterocycles. The predicted octanol–water partition coefficient (Wildman–Crippen LogP) is 3.47. The van der Waals surface area contributed by atoms with Gasteiger partial charge in [0.25, 0.3) is 5.91 Å². The highest BCUT2D eigenvalue weighted by atomic mass is 35.5. The van der Waals surface area contributed by atoms with Crippen LogP contribution in [0.4, 0.5) is 16.2 Å². The Hall–Kier alpha value is -2.73. The van der Waals surface area contributed by atoms with Crippen molar-refractivity contribution in [2.24, 2.45) is 0 Å². The highest BCUT2D eigenvalue weighted by Crippen LogP contribution is 2.20. The van der Waals surface area contributed by atoms with Gasteiger partial charge in [0.05, 0.1) is 11.6 Å². The fraction of sp³-hybridized carbons (Fsp3) is 0.263. The van der Waals surface area contributed by atoms with Gasteiger partial charge in [-0.2, -0.15) is 0 Å². The number of carbonyl (C=O) groups is 2. The summed E-state index contributed by atoms with van der Waals surface area (Å²) < 4.78 is 0. The summed E-state index contributed by atoms with van der Waals surface area (Å²) in [6.45, 7) is 1.90. The molecule has 0 heterocycles. The first-order valence-electron chi connectivity index (χ1n) is 8.36. The number of para-hydroxylation sites is 1.